The van der Waals surface area contributed by atoms with E-state index in [0.717, 1.165) is 0 Å². The Morgan fingerprint density at radius 1 is 1.07 bits per heavy atom. The van der Waals surface area contributed by atoms with Gasteiger partial charge in [-0.2, -0.15) is 0 Å². The van der Waals surface area contributed by atoms with Crippen LogP contribution < -0.4 is 19.5 Å². The summed E-state index contributed by atoms with van der Waals surface area (Å²) >= 11 is 0. The summed E-state index contributed by atoms with van der Waals surface area (Å²) in [7, 11) is 4.40. The number of anilines is 1. The molecule has 1 aromatic carbocycles. The Morgan fingerprint density at radius 3 is 2.34 bits per heavy atom. The van der Waals surface area contributed by atoms with E-state index in [9.17, 15) is 9.59 Å². The molecule has 0 unspecified atom stereocenters. The first kappa shape index (κ1) is 20.0. The number of fused-ring (bicyclic) bond motifs is 1. The predicted molar refractivity (Wildman–Crippen MR) is 105 cm³/mol. The van der Waals surface area contributed by atoms with Gasteiger partial charge in [0.05, 0.1) is 27.9 Å². The standard InChI is InChI=1S/C20H21N3O6/c1-5-29-20(25)16-18(23-9-7-6-8-15(23)21-16)22-19(24)12-10-13(26-2)17(28-4)14(11-12)27-3/h6-11H,5H2,1-4H3,(H,22,24). The number of rotatable bonds is 7. The molecule has 0 aliphatic heterocycles. The van der Waals surface area contributed by atoms with Crippen molar-refractivity contribution in [2.75, 3.05) is 33.3 Å². The lowest BCUT2D eigenvalue weighted by atomic mass is 10.1. The van der Waals surface area contributed by atoms with Crippen LogP contribution in [0.1, 0.15) is 27.8 Å². The maximum atomic E-state index is 13.0. The SMILES string of the molecule is CCOC(=O)c1nc2ccccn2c1NC(=O)c1cc(OC)c(OC)c(OC)c1. The first-order valence-corrected chi connectivity index (χ1v) is 8.79. The largest absolute Gasteiger partial charge is 0.493 e. The smallest absolute Gasteiger partial charge is 0.360 e. The summed E-state index contributed by atoms with van der Waals surface area (Å²) in [6.45, 7) is 1.88. The van der Waals surface area contributed by atoms with Gasteiger partial charge in [0.1, 0.15) is 5.65 Å². The summed E-state index contributed by atoms with van der Waals surface area (Å²) in [6, 6.07) is 8.30. The van der Waals surface area contributed by atoms with E-state index in [4.69, 9.17) is 18.9 Å². The minimum atomic E-state index is -0.628. The quantitative estimate of drug-likeness (QED) is 0.610. The Kier molecular flexibility index (Phi) is 5.87. The molecule has 0 fully saturated rings. The van der Waals surface area contributed by atoms with Crippen LogP contribution in [0.3, 0.4) is 0 Å². The molecule has 0 radical (unpaired) electrons. The number of aromatic nitrogens is 2. The van der Waals surface area contributed by atoms with E-state index in [1.54, 1.807) is 35.7 Å². The molecule has 0 aliphatic rings. The zero-order chi connectivity index (χ0) is 21.0. The third-order valence-electron chi connectivity index (χ3n) is 4.16. The number of ether oxygens (including phenoxy) is 4. The minimum Gasteiger partial charge on any atom is -0.493 e. The molecule has 0 spiro atoms. The lowest BCUT2D eigenvalue weighted by molar-refractivity contribution is 0.0521. The first-order valence-electron chi connectivity index (χ1n) is 8.79. The number of imidazole rings is 1. The van der Waals surface area contributed by atoms with Crippen molar-refractivity contribution in [2.45, 2.75) is 6.92 Å². The van der Waals surface area contributed by atoms with E-state index in [1.165, 1.54) is 33.5 Å². The van der Waals surface area contributed by atoms with Crippen LogP contribution in [-0.2, 0) is 4.74 Å². The Hall–Kier alpha value is -3.75. The summed E-state index contributed by atoms with van der Waals surface area (Å²) in [4.78, 5) is 29.6. The van der Waals surface area contributed by atoms with Crippen molar-refractivity contribution in [1.82, 2.24) is 9.38 Å². The zero-order valence-electron chi connectivity index (χ0n) is 16.5. The van der Waals surface area contributed by atoms with Gasteiger partial charge in [0.15, 0.2) is 23.0 Å². The van der Waals surface area contributed by atoms with Gasteiger partial charge in [0.2, 0.25) is 5.75 Å². The van der Waals surface area contributed by atoms with Crippen molar-refractivity contribution < 1.29 is 28.5 Å². The van der Waals surface area contributed by atoms with Gasteiger partial charge in [-0.1, -0.05) is 6.07 Å². The van der Waals surface area contributed by atoms with Crippen molar-refractivity contribution in [2.24, 2.45) is 0 Å². The van der Waals surface area contributed by atoms with E-state index in [2.05, 4.69) is 10.3 Å². The molecule has 1 amide bonds. The van der Waals surface area contributed by atoms with E-state index >= 15 is 0 Å². The monoisotopic (exact) mass is 399 g/mol. The van der Waals surface area contributed by atoms with Crippen LogP contribution >= 0.6 is 0 Å². The summed E-state index contributed by atoms with van der Waals surface area (Å²) in [6.07, 6.45) is 1.69. The van der Waals surface area contributed by atoms with Crippen LogP contribution in [0.2, 0.25) is 0 Å². The van der Waals surface area contributed by atoms with Gasteiger partial charge >= 0.3 is 5.97 Å². The highest BCUT2D eigenvalue weighted by Gasteiger charge is 2.23. The van der Waals surface area contributed by atoms with Crippen LogP contribution in [-0.4, -0.2) is 49.2 Å². The molecule has 0 saturated heterocycles. The molecule has 9 nitrogen and oxygen atoms in total. The van der Waals surface area contributed by atoms with Gasteiger partial charge < -0.3 is 24.3 Å². The normalized spacial score (nSPS) is 10.5. The second-order valence-electron chi connectivity index (χ2n) is 5.83. The highest BCUT2D eigenvalue weighted by atomic mass is 16.5. The second kappa shape index (κ2) is 8.51. The van der Waals surface area contributed by atoms with Crippen molar-refractivity contribution >= 4 is 23.3 Å². The Morgan fingerprint density at radius 2 is 1.76 bits per heavy atom. The van der Waals surface area contributed by atoms with Gasteiger partial charge in [0, 0.05) is 11.8 Å². The molecular weight excluding hydrogens is 378 g/mol. The lowest BCUT2D eigenvalue weighted by Crippen LogP contribution is -2.17. The number of benzene rings is 1. The molecule has 0 saturated carbocycles. The molecule has 1 N–H and O–H groups in total. The van der Waals surface area contributed by atoms with Crippen LogP contribution in [0.4, 0.5) is 5.82 Å². The molecule has 3 rings (SSSR count). The fourth-order valence-corrected chi connectivity index (χ4v) is 2.85. The topological polar surface area (TPSA) is 100 Å². The number of methoxy groups -OCH3 is 3. The molecule has 0 bridgehead atoms. The molecule has 29 heavy (non-hydrogen) atoms. The third kappa shape index (κ3) is 3.79. The van der Waals surface area contributed by atoms with Crippen LogP contribution in [0, 0.1) is 0 Å². The fraction of sp³-hybridized carbons (Fsp3) is 0.250. The van der Waals surface area contributed by atoms with Crippen molar-refractivity contribution in [3.8, 4) is 17.2 Å². The number of pyridine rings is 1. The first-order chi connectivity index (χ1) is 14.0. The van der Waals surface area contributed by atoms with Crippen molar-refractivity contribution in [3.05, 3.63) is 47.8 Å². The molecule has 2 aromatic heterocycles. The highest BCUT2D eigenvalue weighted by Crippen LogP contribution is 2.38. The summed E-state index contributed by atoms with van der Waals surface area (Å²) in [5.74, 6) is 0.129. The second-order valence-corrected chi connectivity index (χ2v) is 5.83. The average molecular weight is 399 g/mol. The van der Waals surface area contributed by atoms with E-state index in [-0.39, 0.29) is 23.7 Å². The lowest BCUT2D eigenvalue weighted by Gasteiger charge is -2.14. The molecular formula is C20H21N3O6. The number of hydrogen-bond donors (Lipinski definition) is 1. The summed E-state index contributed by atoms with van der Waals surface area (Å²) < 4.78 is 22.5. The van der Waals surface area contributed by atoms with Gasteiger partial charge in [-0.3, -0.25) is 9.20 Å². The summed E-state index contributed by atoms with van der Waals surface area (Å²) in [5.41, 5.74) is 0.759. The Balaban J connectivity index is 2.04. The minimum absolute atomic E-state index is 0.0128. The maximum Gasteiger partial charge on any atom is 0.360 e. The molecule has 0 atom stereocenters. The van der Waals surface area contributed by atoms with E-state index in [1.807, 2.05) is 0 Å². The predicted octanol–water partition coefficient (Wildman–Crippen LogP) is 2.79. The third-order valence-corrected chi connectivity index (χ3v) is 4.16. The number of carbonyl (C=O) groups excluding carboxylic acids is 2. The van der Waals surface area contributed by atoms with Gasteiger partial charge in [-0.05, 0) is 31.2 Å². The van der Waals surface area contributed by atoms with Crippen LogP contribution in [0.25, 0.3) is 5.65 Å². The van der Waals surface area contributed by atoms with Crippen LogP contribution in [0.15, 0.2) is 36.5 Å². The van der Waals surface area contributed by atoms with Crippen LogP contribution in [0.5, 0.6) is 17.2 Å². The fourth-order valence-electron chi connectivity index (χ4n) is 2.85. The number of nitrogens with zero attached hydrogens (tertiary/aromatic N) is 2. The van der Waals surface area contributed by atoms with Gasteiger partial charge in [-0.25, -0.2) is 9.78 Å². The van der Waals surface area contributed by atoms with Gasteiger partial charge in [0.25, 0.3) is 5.91 Å². The maximum absolute atomic E-state index is 13.0. The molecule has 3 aromatic rings. The Bertz CT molecular complexity index is 1030. The number of amides is 1. The molecule has 2 heterocycles. The average Bonchev–Trinajstić information content (AvgIpc) is 3.11. The number of esters is 1. The molecule has 9 heteroatoms. The van der Waals surface area contributed by atoms with E-state index in [0.29, 0.717) is 22.9 Å². The molecule has 0 aliphatic carbocycles. The van der Waals surface area contributed by atoms with Gasteiger partial charge in [-0.15, -0.1) is 0 Å². The highest BCUT2D eigenvalue weighted by molar-refractivity contribution is 6.08. The number of carbonyl (C=O) groups is 2. The summed E-state index contributed by atoms with van der Waals surface area (Å²) in [5, 5.41) is 2.74. The number of hydrogen-bond acceptors (Lipinski definition) is 7. The van der Waals surface area contributed by atoms with Crippen molar-refractivity contribution in [1.29, 1.82) is 0 Å². The van der Waals surface area contributed by atoms with E-state index < -0.39 is 11.9 Å². The zero-order valence-corrected chi connectivity index (χ0v) is 16.5. The Labute approximate surface area is 167 Å². The molecule has 152 valence electrons. The van der Waals surface area contributed by atoms with Crippen molar-refractivity contribution in [3.63, 3.8) is 0 Å². The number of nitrogens with one attached hydrogen (secondary N) is 1.